The largest absolute Gasteiger partial charge is 0.462 e. The monoisotopic (exact) mass is 571 g/mol. The third-order valence-corrected chi connectivity index (χ3v) is 8.44. The molecule has 3 aliphatic rings. The summed E-state index contributed by atoms with van der Waals surface area (Å²) in [5.41, 5.74) is 6.35. The van der Waals surface area contributed by atoms with Gasteiger partial charge < -0.3 is 40.1 Å². The first-order chi connectivity index (χ1) is 18.5. The van der Waals surface area contributed by atoms with Gasteiger partial charge in [-0.1, -0.05) is 11.6 Å². The lowest BCUT2D eigenvalue weighted by Gasteiger charge is -2.42. The zero-order valence-electron chi connectivity index (χ0n) is 23.9. The van der Waals surface area contributed by atoms with Crippen LogP contribution in [0.2, 0.25) is 0 Å². The predicted octanol–water partition coefficient (Wildman–Crippen LogP) is 1.92. The first-order valence-corrected chi connectivity index (χ1v) is 15.0. The number of nitrogens with one attached hydrogen (secondary N) is 2. The summed E-state index contributed by atoms with van der Waals surface area (Å²) in [5, 5.41) is 5.18. The molecule has 39 heavy (non-hydrogen) atoms. The Kier molecular flexibility index (Phi) is 11.1. The fourth-order valence-corrected chi connectivity index (χ4v) is 5.92. The summed E-state index contributed by atoms with van der Waals surface area (Å²) in [4.78, 5) is 36.9. The molecule has 1 unspecified atom stereocenters. The van der Waals surface area contributed by atoms with E-state index >= 15 is 0 Å². The van der Waals surface area contributed by atoms with Gasteiger partial charge >= 0.3 is 12.1 Å². The highest BCUT2D eigenvalue weighted by Crippen LogP contribution is 2.59. The summed E-state index contributed by atoms with van der Waals surface area (Å²) in [5.74, 6) is -0.329. The minimum atomic E-state index is -0.852. The van der Waals surface area contributed by atoms with Crippen LogP contribution in [0.25, 0.3) is 0 Å². The van der Waals surface area contributed by atoms with Gasteiger partial charge in [-0.05, 0) is 65.4 Å². The summed E-state index contributed by atoms with van der Waals surface area (Å²) in [6, 6.07) is -1.53. The minimum absolute atomic E-state index is 0.0604. The average Bonchev–Trinajstić information content (AvgIpc) is 3.81. The molecule has 2 heterocycles. The molecule has 0 bridgehead atoms. The third-order valence-electron chi connectivity index (χ3n) is 7.79. The highest BCUT2D eigenvalue weighted by atomic mass is 32.2. The number of rotatable bonds is 14. The second-order valence-electron chi connectivity index (χ2n) is 11.0. The molecule has 222 valence electrons. The number of ether oxygens (including phenoxy) is 5. The van der Waals surface area contributed by atoms with Gasteiger partial charge in [0, 0.05) is 7.11 Å². The van der Waals surface area contributed by atoms with Crippen LogP contribution in [-0.4, -0.2) is 98.4 Å². The van der Waals surface area contributed by atoms with Gasteiger partial charge in [0.05, 0.1) is 31.2 Å². The Balaban J connectivity index is 1.44. The summed E-state index contributed by atoms with van der Waals surface area (Å²) >= 11 is 1.59. The Morgan fingerprint density at radius 1 is 1.28 bits per heavy atom. The number of nitrogens with two attached hydrogens (primary N) is 1. The van der Waals surface area contributed by atoms with Gasteiger partial charge in [0.25, 0.3) is 0 Å². The van der Waals surface area contributed by atoms with Crippen molar-refractivity contribution in [1.29, 1.82) is 0 Å². The highest BCUT2D eigenvalue weighted by molar-refractivity contribution is 7.98. The van der Waals surface area contributed by atoms with Crippen LogP contribution in [0.1, 0.15) is 53.4 Å². The quantitative estimate of drug-likeness (QED) is 0.122. The molecule has 1 aliphatic carbocycles. The first kappa shape index (κ1) is 31.7. The van der Waals surface area contributed by atoms with Crippen LogP contribution in [0.15, 0.2) is 11.6 Å². The van der Waals surface area contributed by atoms with Crippen molar-refractivity contribution in [2.45, 2.75) is 95.0 Å². The van der Waals surface area contributed by atoms with Crippen LogP contribution in [0.4, 0.5) is 4.79 Å². The number of esters is 1. The smallest absolute Gasteiger partial charge is 0.407 e. The van der Waals surface area contributed by atoms with E-state index in [0.29, 0.717) is 19.4 Å². The van der Waals surface area contributed by atoms with E-state index in [0.717, 1.165) is 18.6 Å². The number of amides is 2. The molecule has 11 nitrogen and oxygen atoms in total. The maximum Gasteiger partial charge on any atom is 0.407 e. The van der Waals surface area contributed by atoms with E-state index in [-0.39, 0.29) is 36.9 Å². The molecule has 0 aromatic carbocycles. The van der Waals surface area contributed by atoms with E-state index in [9.17, 15) is 14.4 Å². The van der Waals surface area contributed by atoms with Gasteiger partial charge in [-0.15, -0.1) is 0 Å². The van der Waals surface area contributed by atoms with Crippen LogP contribution in [0, 0.1) is 5.92 Å². The van der Waals surface area contributed by atoms with E-state index in [1.807, 2.05) is 6.26 Å². The molecule has 8 atom stereocenters. The number of carbonyl (C=O) groups is 3. The Morgan fingerprint density at radius 3 is 2.62 bits per heavy atom. The standard InChI is InChI=1S/C27H45N3O8S/c1-16(2)7-8-20-26(4,38-20)22-21(34-5)19(9-11-27(22)15-36-27)37-25(33)29-12-13-35-24(32)17(3)30-23(31)18(28)10-14-39-6/h7,17-22H,8-15,28H2,1-6H3,(H,29,33)(H,30,31)/t17-,18-,19+,20+,21?,22+,26-,27-/m0/s1. The molecule has 1 spiro atoms. The van der Waals surface area contributed by atoms with Crippen molar-refractivity contribution >= 4 is 29.7 Å². The van der Waals surface area contributed by atoms with Gasteiger partial charge in [0.1, 0.15) is 36.1 Å². The molecule has 3 fully saturated rings. The van der Waals surface area contributed by atoms with Crippen molar-refractivity contribution in [2.75, 3.05) is 38.9 Å². The zero-order valence-corrected chi connectivity index (χ0v) is 24.8. The normalized spacial score (nSPS) is 32.5. The Hall–Kier alpha value is -1.86. The fraction of sp³-hybridized carbons (Fsp3) is 0.815. The van der Waals surface area contributed by atoms with Crippen molar-refractivity contribution in [2.24, 2.45) is 11.7 Å². The third kappa shape index (κ3) is 8.09. The maximum absolute atomic E-state index is 12.6. The average molecular weight is 572 g/mol. The molecule has 12 heteroatoms. The van der Waals surface area contributed by atoms with E-state index in [1.165, 1.54) is 12.5 Å². The van der Waals surface area contributed by atoms with Crippen molar-refractivity contribution in [3.05, 3.63) is 11.6 Å². The van der Waals surface area contributed by atoms with Gasteiger partial charge in [-0.2, -0.15) is 11.8 Å². The van der Waals surface area contributed by atoms with Crippen molar-refractivity contribution in [1.82, 2.24) is 10.6 Å². The first-order valence-electron chi connectivity index (χ1n) is 13.6. The second-order valence-corrected chi connectivity index (χ2v) is 12.0. The predicted molar refractivity (Wildman–Crippen MR) is 147 cm³/mol. The number of epoxide rings is 2. The lowest BCUT2D eigenvalue weighted by Crippen LogP contribution is -2.56. The lowest BCUT2D eigenvalue weighted by atomic mass is 9.68. The number of hydrogen-bond acceptors (Lipinski definition) is 10. The second kappa shape index (κ2) is 13.7. The summed E-state index contributed by atoms with van der Waals surface area (Å²) < 4.78 is 28.9. The van der Waals surface area contributed by atoms with E-state index < -0.39 is 41.8 Å². The molecule has 1 saturated carbocycles. The fourth-order valence-electron chi connectivity index (χ4n) is 5.43. The van der Waals surface area contributed by atoms with Gasteiger partial charge in [-0.25, -0.2) is 9.59 Å². The van der Waals surface area contributed by atoms with Gasteiger partial charge in [0.15, 0.2) is 0 Å². The Bertz CT molecular complexity index is 909. The van der Waals surface area contributed by atoms with Crippen LogP contribution < -0.4 is 16.4 Å². The number of thioether (sulfide) groups is 1. The van der Waals surface area contributed by atoms with Crippen LogP contribution in [0.3, 0.4) is 0 Å². The van der Waals surface area contributed by atoms with Crippen molar-refractivity contribution in [3.63, 3.8) is 0 Å². The highest BCUT2D eigenvalue weighted by Gasteiger charge is 2.72. The van der Waals surface area contributed by atoms with E-state index in [1.54, 1.807) is 18.9 Å². The Morgan fingerprint density at radius 2 is 2.00 bits per heavy atom. The van der Waals surface area contributed by atoms with Gasteiger partial charge in [0.2, 0.25) is 5.91 Å². The number of methoxy groups -OCH3 is 1. The summed E-state index contributed by atoms with van der Waals surface area (Å²) in [6.07, 6.45) is 5.42. The maximum atomic E-state index is 12.6. The summed E-state index contributed by atoms with van der Waals surface area (Å²) in [6.45, 7) is 8.40. The topological polar surface area (TPSA) is 154 Å². The lowest BCUT2D eigenvalue weighted by molar-refractivity contribution is -0.147. The number of alkyl carbamates (subject to hydrolysis) is 1. The molecule has 0 radical (unpaired) electrons. The zero-order chi connectivity index (χ0) is 28.8. The number of carbonyl (C=O) groups excluding carboxylic acids is 3. The van der Waals surface area contributed by atoms with Crippen LogP contribution >= 0.6 is 11.8 Å². The molecule has 0 aromatic rings. The van der Waals surface area contributed by atoms with Crippen molar-refractivity contribution < 1.29 is 38.1 Å². The van der Waals surface area contributed by atoms with Crippen molar-refractivity contribution in [3.8, 4) is 0 Å². The molecular formula is C27H45N3O8S. The Labute approximate surface area is 235 Å². The van der Waals surface area contributed by atoms with E-state index in [2.05, 4.69) is 37.5 Å². The molecule has 2 aliphatic heterocycles. The van der Waals surface area contributed by atoms with Gasteiger partial charge in [-0.3, -0.25) is 4.79 Å². The van der Waals surface area contributed by atoms with E-state index in [4.69, 9.17) is 29.4 Å². The van der Waals surface area contributed by atoms with Crippen LogP contribution in [-0.2, 0) is 33.3 Å². The molecule has 2 amide bonds. The molecule has 4 N–H and O–H groups in total. The van der Waals surface area contributed by atoms with Crippen LogP contribution in [0.5, 0.6) is 0 Å². The minimum Gasteiger partial charge on any atom is -0.462 e. The molecule has 0 aromatic heterocycles. The molecule has 2 saturated heterocycles. The number of allylic oxidation sites excluding steroid dienone is 1. The molecular weight excluding hydrogens is 526 g/mol. The number of hydrogen-bond donors (Lipinski definition) is 3. The summed E-state index contributed by atoms with van der Waals surface area (Å²) in [7, 11) is 1.62. The molecule has 3 rings (SSSR count). The SMILES string of the molecule is COC1[C@H](OC(=O)NCCOC(=O)[C@H](C)NC(=O)[C@@H](N)CCSC)CC[C@]2(CO2)[C@H]1[C@@]1(C)O[C@@H]1CC=C(C)C.